The van der Waals surface area contributed by atoms with Crippen molar-refractivity contribution in [3.63, 3.8) is 0 Å². The predicted molar refractivity (Wildman–Crippen MR) is 56.8 cm³/mol. The number of carbonyl (C=O) groups excluding carboxylic acids is 1. The van der Waals surface area contributed by atoms with Crippen LogP contribution < -0.4 is 14.8 Å². The normalized spacial score (nSPS) is 18.9. The molecule has 0 aromatic heterocycles. The number of methoxy groups -OCH3 is 2. The second kappa shape index (κ2) is 4.30. The molecule has 16 heavy (non-hydrogen) atoms. The third kappa shape index (κ3) is 1.88. The van der Waals surface area contributed by atoms with Gasteiger partial charge in [0.05, 0.1) is 20.3 Å². The van der Waals surface area contributed by atoms with Gasteiger partial charge in [-0.25, -0.2) is 4.79 Å². The maximum atomic E-state index is 11.0. The summed E-state index contributed by atoms with van der Waals surface area (Å²) in [6.07, 6.45) is -0.400. The molecule has 0 saturated carbocycles. The van der Waals surface area contributed by atoms with Gasteiger partial charge in [-0.1, -0.05) is 0 Å². The molecule has 1 fully saturated rings. The zero-order valence-electron chi connectivity index (χ0n) is 9.15. The van der Waals surface area contributed by atoms with Crippen LogP contribution in [0.2, 0.25) is 0 Å². The summed E-state index contributed by atoms with van der Waals surface area (Å²) in [4.78, 5) is 11.0. The fraction of sp³-hybridized carbons (Fsp3) is 0.364. The summed E-state index contributed by atoms with van der Waals surface area (Å²) in [5, 5.41) is 2.70. The second-order valence-electron chi connectivity index (χ2n) is 3.40. The molecule has 1 aliphatic heterocycles. The molecule has 5 heteroatoms. The van der Waals surface area contributed by atoms with Crippen molar-refractivity contribution in [2.75, 3.05) is 20.8 Å². The summed E-state index contributed by atoms with van der Waals surface area (Å²) < 4.78 is 15.2. The van der Waals surface area contributed by atoms with Crippen LogP contribution in [0, 0.1) is 0 Å². The smallest absolute Gasteiger partial charge is 0.407 e. The highest BCUT2D eigenvalue weighted by atomic mass is 16.6. The van der Waals surface area contributed by atoms with E-state index in [2.05, 4.69) is 5.32 Å². The van der Waals surface area contributed by atoms with Crippen molar-refractivity contribution in [1.82, 2.24) is 5.32 Å². The Hall–Kier alpha value is -1.91. The van der Waals surface area contributed by atoms with E-state index >= 15 is 0 Å². The van der Waals surface area contributed by atoms with E-state index in [1.807, 2.05) is 12.1 Å². The molecule has 0 spiro atoms. The van der Waals surface area contributed by atoms with Crippen molar-refractivity contribution in [2.45, 2.75) is 6.04 Å². The number of carbonyl (C=O) groups is 1. The van der Waals surface area contributed by atoms with Gasteiger partial charge in [0.25, 0.3) is 0 Å². The van der Waals surface area contributed by atoms with Gasteiger partial charge < -0.3 is 19.5 Å². The first-order valence-corrected chi connectivity index (χ1v) is 4.90. The third-order valence-electron chi connectivity index (χ3n) is 2.49. The van der Waals surface area contributed by atoms with E-state index < -0.39 is 6.09 Å². The van der Waals surface area contributed by atoms with Gasteiger partial charge in [-0.2, -0.15) is 0 Å². The fourth-order valence-electron chi connectivity index (χ4n) is 1.66. The topological polar surface area (TPSA) is 56.8 Å². The highest BCUT2D eigenvalue weighted by Crippen LogP contribution is 2.31. The van der Waals surface area contributed by atoms with Crippen molar-refractivity contribution in [3.05, 3.63) is 23.8 Å². The van der Waals surface area contributed by atoms with Crippen molar-refractivity contribution in [3.8, 4) is 11.5 Å². The minimum absolute atomic E-state index is 0.159. The lowest BCUT2D eigenvalue weighted by Crippen LogP contribution is -2.18. The van der Waals surface area contributed by atoms with Gasteiger partial charge in [0.1, 0.15) is 18.1 Å². The first kappa shape index (κ1) is 10.6. The van der Waals surface area contributed by atoms with E-state index in [-0.39, 0.29) is 6.04 Å². The standard InChI is InChI=1S/C11H13NO4/c1-14-7-3-4-8(10(5-7)15-2)9-6-16-11(13)12-9/h3-5,9H,6H2,1-2H3,(H,12,13)/t9-/m1/s1. The van der Waals surface area contributed by atoms with Crippen LogP contribution in [0.3, 0.4) is 0 Å². The van der Waals surface area contributed by atoms with Gasteiger partial charge >= 0.3 is 6.09 Å². The highest BCUT2D eigenvalue weighted by molar-refractivity contribution is 5.70. The molecule has 0 radical (unpaired) electrons. The molecule has 2 rings (SSSR count). The summed E-state index contributed by atoms with van der Waals surface area (Å²) in [5.74, 6) is 1.39. The maximum Gasteiger partial charge on any atom is 0.407 e. The molecular formula is C11H13NO4. The average molecular weight is 223 g/mol. The van der Waals surface area contributed by atoms with E-state index in [0.29, 0.717) is 18.1 Å². The minimum Gasteiger partial charge on any atom is -0.497 e. The lowest BCUT2D eigenvalue weighted by molar-refractivity contribution is 0.177. The number of alkyl carbamates (subject to hydrolysis) is 1. The molecule has 1 amide bonds. The summed E-state index contributed by atoms with van der Waals surface area (Å²) in [5.41, 5.74) is 0.883. The Bertz CT molecular complexity index is 405. The molecule has 1 N–H and O–H groups in total. The lowest BCUT2D eigenvalue weighted by atomic mass is 10.1. The highest BCUT2D eigenvalue weighted by Gasteiger charge is 2.26. The molecule has 1 heterocycles. The average Bonchev–Trinajstić information content (AvgIpc) is 2.74. The van der Waals surface area contributed by atoms with E-state index in [0.717, 1.165) is 5.56 Å². The van der Waals surface area contributed by atoms with Crippen LogP contribution in [-0.2, 0) is 4.74 Å². The minimum atomic E-state index is -0.400. The summed E-state index contributed by atoms with van der Waals surface area (Å²) >= 11 is 0. The van der Waals surface area contributed by atoms with Crippen molar-refractivity contribution >= 4 is 6.09 Å². The molecule has 1 aliphatic rings. The molecule has 0 bridgehead atoms. The molecule has 0 unspecified atom stereocenters. The predicted octanol–water partition coefficient (Wildman–Crippen LogP) is 1.48. The largest absolute Gasteiger partial charge is 0.497 e. The number of nitrogens with one attached hydrogen (secondary N) is 1. The Morgan fingerprint density at radius 1 is 1.38 bits per heavy atom. The molecule has 1 aromatic rings. The molecule has 1 saturated heterocycles. The Morgan fingerprint density at radius 3 is 2.75 bits per heavy atom. The van der Waals surface area contributed by atoms with E-state index in [1.165, 1.54) is 0 Å². The Morgan fingerprint density at radius 2 is 2.19 bits per heavy atom. The lowest BCUT2D eigenvalue weighted by Gasteiger charge is -2.13. The Kier molecular flexibility index (Phi) is 2.85. The molecule has 86 valence electrons. The van der Waals surface area contributed by atoms with E-state index in [4.69, 9.17) is 14.2 Å². The van der Waals surface area contributed by atoms with Gasteiger partial charge in [-0.05, 0) is 12.1 Å². The van der Waals surface area contributed by atoms with Gasteiger partial charge in [0.15, 0.2) is 0 Å². The van der Waals surface area contributed by atoms with E-state index in [1.54, 1.807) is 20.3 Å². The van der Waals surface area contributed by atoms with Crippen molar-refractivity contribution in [1.29, 1.82) is 0 Å². The second-order valence-corrected chi connectivity index (χ2v) is 3.40. The van der Waals surface area contributed by atoms with Gasteiger partial charge in [-0.15, -0.1) is 0 Å². The first-order valence-electron chi connectivity index (χ1n) is 4.90. The van der Waals surface area contributed by atoms with Gasteiger partial charge in [-0.3, -0.25) is 0 Å². The summed E-state index contributed by atoms with van der Waals surface area (Å²) in [7, 11) is 3.17. The summed E-state index contributed by atoms with van der Waals surface area (Å²) in [6, 6.07) is 5.30. The number of hydrogen-bond donors (Lipinski definition) is 1. The molecule has 0 aliphatic carbocycles. The number of cyclic esters (lactones) is 1. The van der Waals surface area contributed by atoms with Crippen LogP contribution >= 0.6 is 0 Å². The number of rotatable bonds is 3. The van der Waals surface area contributed by atoms with Crippen LogP contribution in [0.4, 0.5) is 4.79 Å². The number of benzene rings is 1. The van der Waals surface area contributed by atoms with Crippen LogP contribution in [0.15, 0.2) is 18.2 Å². The zero-order chi connectivity index (χ0) is 11.5. The Balaban J connectivity index is 2.29. The van der Waals surface area contributed by atoms with Crippen molar-refractivity contribution < 1.29 is 19.0 Å². The first-order chi connectivity index (χ1) is 7.74. The molecule has 5 nitrogen and oxygen atoms in total. The van der Waals surface area contributed by atoms with E-state index in [9.17, 15) is 4.79 Å². The quantitative estimate of drug-likeness (QED) is 0.843. The van der Waals surface area contributed by atoms with Crippen LogP contribution in [0.25, 0.3) is 0 Å². The van der Waals surface area contributed by atoms with Crippen LogP contribution in [0.1, 0.15) is 11.6 Å². The fourth-order valence-corrected chi connectivity index (χ4v) is 1.66. The number of hydrogen-bond acceptors (Lipinski definition) is 4. The van der Waals surface area contributed by atoms with Crippen LogP contribution in [0.5, 0.6) is 11.5 Å². The molecular weight excluding hydrogens is 210 g/mol. The monoisotopic (exact) mass is 223 g/mol. The van der Waals surface area contributed by atoms with Crippen molar-refractivity contribution in [2.24, 2.45) is 0 Å². The van der Waals surface area contributed by atoms with Gasteiger partial charge in [0.2, 0.25) is 0 Å². The number of ether oxygens (including phenoxy) is 3. The number of amides is 1. The molecule has 1 atom stereocenters. The maximum absolute atomic E-state index is 11.0. The SMILES string of the molecule is COc1ccc([C@H]2COC(=O)N2)c(OC)c1. The van der Waals surface area contributed by atoms with Crippen LogP contribution in [-0.4, -0.2) is 26.9 Å². The summed E-state index contributed by atoms with van der Waals surface area (Å²) in [6.45, 7) is 0.321. The van der Waals surface area contributed by atoms with Gasteiger partial charge in [0, 0.05) is 11.6 Å². The Labute approximate surface area is 93.3 Å². The molecule has 1 aromatic carbocycles. The zero-order valence-corrected chi connectivity index (χ0v) is 9.15. The third-order valence-corrected chi connectivity index (χ3v) is 2.49.